The molecule has 0 unspecified atom stereocenters. The average molecular weight is 567 g/mol. The highest BCUT2D eigenvalue weighted by molar-refractivity contribution is 6.36. The minimum Gasteiger partial charge on any atom is -0.352 e. The summed E-state index contributed by atoms with van der Waals surface area (Å²) in [4.78, 5) is 43.6. The molecule has 0 saturated heterocycles. The van der Waals surface area contributed by atoms with Crippen molar-refractivity contribution < 1.29 is 14.4 Å². The molecular weight excluding hydrogens is 533 g/mol. The Bertz CT molecular complexity index is 1380. The van der Waals surface area contributed by atoms with E-state index in [9.17, 15) is 14.4 Å². The Morgan fingerprint density at radius 1 is 1.03 bits per heavy atom. The largest absolute Gasteiger partial charge is 0.352 e. The molecule has 6 nitrogen and oxygen atoms in total. The van der Waals surface area contributed by atoms with Gasteiger partial charge in [-0.05, 0) is 55.3 Å². The molecule has 204 valence electrons. The number of carbonyl (C=O) groups excluding carboxylic acids is 3. The lowest BCUT2D eigenvalue weighted by Crippen LogP contribution is -2.51. The van der Waals surface area contributed by atoms with Gasteiger partial charge in [-0.2, -0.15) is 0 Å². The molecule has 5 rings (SSSR count). The van der Waals surface area contributed by atoms with E-state index in [0.29, 0.717) is 40.6 Å². The van der Waals surface area contributed by atoms with Crippen LogP contribution in [0.15, 0.2) is 54.6 Å². The number of benzene rings is 3. The molecule has 0 spiro atoms. The van der Waals surface area contributed by atoms with Crippen LogP contribution in [0.1, 0.15) is 67.8 Å². The first-order valence-corrected chi connectivity index (χ1v) is 14.5. The summed E-state index contributed by atoms with van der Waals surface area (Å²) >= 11 is 12.9. The lowest BCUT2D eigenvalue weighted by atomic mass is 10.1. The van der Waals surface area contributed by atoms with Gasteiger partial charge in [-0.15, -0.1) is 0 Å². The normalized spacial score (nSPS) is 15.7. The van der Waals surface area contributed by atoms with Crippen molar-refractivity contribution in [3.8, 4) is 0 Å². The van der Waals surface area contributed by atoms with Gasteiger partial charge in [-0.25, -0.2) is 0 Å². The number of nitrogens with zero attached hydrogens (tertiary/aromatic N) is 2. The van der Waals surface area contributed by atoms with Crippen LogP contribution in [0, 0.1) is 0 Å². The molecule has 3 aromatic carbocycles. The fourth-order valence-corrected chi connectivity index (χ4v) is 6.39. The van der Waals surface area contributed by atoms with Crippen molar-refractivity contribution in [2.75, 3.05) is 11.4 Å². The number of anilines is 1. The van der Waals surface area contributed by atoms with Crippen molar-refractivity contribution in [3.63, 3.8) is 0 Å². The predicted molar refractivity (Wildman–Crippen MR) is 156 cm³/mol. The van der Waals surface area contributed by atoms with Gasteiger partial charge in [0.15, 0.2) is 0 Å². The molecule has 1 saturated carbocycles. The molecule has 8 heteroatoms. The summed E-state index contributed by atoms with van der Waals surface area (Å²) in [5.74, 6) is -0.351. The molecule has 1 heterocycles. The molecule has 3 aromatic rings. The van der Waals surface area contributed by atoms with Crippen LogP contribution in [0.5, 0.6) is 0 Å². The fraction of sp³-hybridized carbons (Fsp3) is 0.387. The number of carbonyl (C=O) groups is 3. The molecule has 0 radical (unpaired) electrons. The molecule has 1 N–H and O–H groups in total. The summed E-state index contributed by atoms with van der Waals surface area (Å²) in [5.41, 5.74) is 2.19. The third-order valence-electron chi connectivity index (χ3n) is 7.90. The summed E-state index contributed by atoms with van der Waals surface area (Å²) < 4.78 is 0. The van der Waals surface area contributed by atoms with E-state index < -0.39 is 6.04 Å². The van der Waals surface area contributed by atoms with E-state index in [1.165, 1.54) is 0 Å². The first-order chi connectivity index (χ1) is 18.9. The van der Waals surface area contributed by atoms with Crippen LogP contribution in [0.2, 0.25) is 10.0 Å². The van der Waals surface area contributed by atoms with Crippen molar-refractivity contribution in [1.29, 1.82) is 0 Å². The number of hydrogen-bond donors (Lipinski definition) is 1. The van der Waals surface area contributed by atoms with E-state index in [1.54, 1.807) is 28.0 Å². The van der Waals surface area contributed by atoms with E-state index in [1.807, 2.05) is 43.3 Å². The van der Waals surface area contributed by atoms with Gasteiger partial charge in [0.25, 0.3) is 5.91 Å². The lowest BCUT2D eigenvalue weighted by Gasteiger charge is -2.32. The Hall–Kier alpha value is -3.09. The van der Waals surface area contributed by atoms with Gasteiger partial charge < -0.3 is 15.1 Å². The second kappa shape index (κ2) is 12.0. The predicted octanol–water partition coefficient (Wildman–Crippen LogP) is 6.75. The van der Waals surface area contributed by atoms with E-state index in [2.05, 4.69) is 5.32 Å². The maximum atomic E-state index is 13.7. The topological polar surface area (TPSA) is 69.7 Å². The Morgan fingerprint density at radius 3 is 2.38 bits per heavy atom. The Morgan fingerprint density at radius 2 is 1.69 bits per heavy atom. The zero-order valence-electron chi connectivity index (χ0n) is 22.1. The van der Waals surface area contributed by atoms with Crippen molar-refractivity contribution in [2.24, 2.45) is 0 Å². The van der Waals surface area contributed by atoms with Crippen LogP contribution < -0.4 is 10.2 Å². The maximum Gasteiger partial charge on any atom is 0.258 e. The minimum absolute atomic E-state index is 0.0451. The van der Waals surface area contributed by atoms with Crippen LogP contribution in [-0.2, 0) is 16.1 Å². The van der Waals surface area contributed by atoms with Gasteiger partial charge in [-0.1, -0.05) is 73.3 Å². The summed E-state index contributed by atoms with van der Waals surface area (Å²) in [5, 5.41) is 6.06. The first kappa shape index (κ1) is 27.5. The van der Waals surface area contributed by atoms with Crippen LogP contribution in [0.4, 0.5) is 5.69 Å². The maximum absolute atomic E-state index is 13.7. The molecule has 39 heavy (non-hydrogen) atoms. The second-order valence-corrected chi connectivity index (χ2v) is 11.2. The van der Waals surface area contributed by atoms with Gasteiger partial charge in [-0.3, -0.25) is 14.4 Å². The van der Waals surface area contributed by atoms with E-state index in [4.69, 9.17) is 23.2 Å². The quantitative estimate of drug-likeness (QED) is 0.295. The number of rotatable bonds is 10. The minimum atomic E-state index is -0.642. The van der Waals surface area contributed by atoms with Gasteiger partial charge in [0.05, 0.1) is 5.69 Å². The van der Waals surface area contributed by atoms with E-state index >= 15 is 0 Å². The monoisotopic (exact) mass is 565 g/mol. The molecular formula is C31H33Cl2N3O3. The highest BCUT2D eigenvalue weighted by atomic mass is 35.5. The van der Waals surface area contributed by atoms with E-state index in [0.717, 1.165) is 42.1 Å². The lowest BCUT2D eigenvalue weighted by molar-refractivity contribution is -0.141. The molecule has 1 aliphatic carbocycles. The summed E-state index contributed by atoms with van der Waals surface area (Å²) in [7, 11) is 0. The number of amides is 3. The Kier molecular flexibility index (Phi) is 8.43. The summed E-state index contributed by atoms with van der Waals surface area (Å²) in [6.07, 6.45) is 5.25. The van der Waals surface area contributed by atoms with Gasteiger partial charge >= 0.3 is 0 Å². The zero-order valence-corrected chi connectivity index (χ0v) is 23.6. The van der Waals surface area contributed by atoms with Crippen LogP contribution in [-0.4, -0.2) is 41.2 Å². The summed E-state index contributed by atoms with van der Waals surface area (Å²) in [6, 6.07) is 16.4. The van der Waals surface area contributed by atoms with Crippen molar-refractivity contribution in [3.05, 3.63) is 75.8 Å². The number of nitrogens with one attached hydrogen (secondary N) is 1. The molecule has 0 bridgehead atoms. The SMILES string of the molecule is CC[C@H](C(=O)NC1CCCC1)N(Cc1c(Cl)cccc1Cl)C(=O)CCCN1C(=O)c2cccc3cccc1c23. The van der Waals surface area contributed by atoms with Gasteiger partial charge in [0.2, 0.25) is 11.8 Å². The molecule has 0 aromatic heterocycles. The van der Waals surface area contributed by atoms with Crippen LogP contribution in [0.25, 0.3) is 10.8 Å². The Labute approximate surface area is 239 Å². The fourth-order valence-electron chi connectivity index (χ4n) is 5.87. The number of hydrogen-bond acceptors (Lipinski definition) is 3. The molecule has 1 aliphatic heterocycles. The zero-order chi connectivity index (χ0) is 27.5. The highest BCUT2D eigenvalue weighted by Crippen LogP contribution is 2.37. The van der Waals surface area contributed by atoms with Crippen molar-refractivity contribution >= 4 is 57.4 Å². The van der Waals surface area contributed by atoms with Crippen LogP contribution >= 0.6 is 23.2 Å². The molecule has 2 aliphatic rings. The highest BCUT2D eigenvalue weighted by Gasteiger charge is 2.33. The third-order valence-corrected chi connectivity index (χ3v) is 8.61. The van der Waals surface area contributed by atoms with E-state index in [-0.39, 0.29) is 36.7 Å². The smallest absolute Gasteiger partial charge is 0.258 e. The molecule has 3 amide bonds. The standard InChI is InChI=1S/C31H33Cl2N3O3/c1-2-26(30(38)34-21-11-3-4-12-21)36(19-23-24(32)14-7-15-25(23)33)28(37)17-8-18-35-27-16-6-10-20-9-5-13-22(29(20)27)31(35)39/h5-7,9-10,13-16,21,26H,2-4,8,11-12,17-19H2,1H3,(H,34,38)/t26-/m1/s1. The third kappa shape index (κ3) is 5.64. The van der Waals surface area contributed by atoms with Crippen LogP contribution in [0.3, 0.4) is 0 Å². The Balaban J connectivity index is 1.32. The number of halogens is 2. The van der Waals surface area contributed by atoms with Crippen molar-refractivity contribution in [2.45, 2.75) is 70.5 Å². The molecule has 1 fully saturated rings. The van der Waals surface area contributed by atoms with Gasteiger partial charge in [0, 0.05) is 52.1 Å². The summed E-state index contributed by atoms with van der Waals surface area (Å²) in [6.45, 7) is 2.46. The second-order valence-electron chi connectivity index (χ2n) is 10.4. The average Bonchev–Trinajstić information content (AvgIpc) is 3.53. The van der Waals surface area contributed by atoms with Crippen molar-refractivity contribution in [1.82, 2.24) is 10.2 Å². The first-order valence-electron chi connectivity index (χ1n) is 13.8. The molecule has 1 atom stereocenters. The van der Waals surface area contributed by atoms with Gasteiger partial charge in [0.1, 0.15) is 6.04 Å².